The standard InChI is InChI=1S/C14H20N2O3/c1-16-7-3-4-11(9-16)15-12-8-10(14(17)18)5-6-13(12)19-2/h5-6,8,11,15H,3-4,7,9H2,1-2H3,(H,17,18). The maximum absolute atomic E-state index is 11.0. The Kier molecular flexibility index (Phi) is 4.27. The maximum atomic E-state index is 11.0. The first kappa shape index (κ1) is 13.7. The van der Waals surface area contributed by atoms with E-state index in [2.05, 4.69) is 17.3 Å². The molecule has 0 aromatic heterocycles. The topological polar surface area (TPSA) is 61.8 Å². The van der Waals surface area contributed by atoms with E-state index in [1.54, 1.807) is 25.3 Å². The fourth-order valence-electron chi connectivity index (χ4n) is 2.46. The third-order valence-electron chi connectivity index (χ3n) is 3.43. The molecule has 1 aliphatic rings. The van der Waals surface area contributed by atoms with Gasteiger partial charge < -0.3 is 20.1 Å². The van der Waals surface area contributed by atoms with Crippen LogP contribution in [0.4, 0.5) is 5.69 Å². The Labute approximate surface area is 113 Å². The monoisotopic (exact) mass is 264 g/mol. The van der Waals surface area contributed by atoms with E-state index in [-0.39, 0.29) is 5.56 Å². The smallest absolute Gasteiger partial charge is 0.335 e. The van der Waals surface area contributed by atoms with Crippen LogP contribution in [-0.2, 0) is 0 Å². The van der Waals surface area contributed by atoms with Crippen molar-refractivity contribution in [3.63, 3.8) is 0 Å². The Hall–Kier alpha value is -1.75. The van der Waals surface area contributed by atoms with Crippen molar-refractivity contribution in [2.45, 2.75) is 18.9 Å². The van der Waals surface area contributed by atoms with Gasteiger partial charge in [-0.15, -0.1) is 0 Å². The number of aromatic carboxylic acids is 1. The van der Waals surface area contributed by atoms with E-state index in [9.17, 15) is 4.79 Å². The molecule has 1 aromatic carbocycles. The number of ether oxygens (including phenoxy) is 1. The summed E-state index contributed by atoms with van der Waals surface area (Å²) in [5.41, 5.74) is 1.02. The summed E-state index contributed by atoms with van der Waals surface area (Å²) >= 11 is 0. The molecule has 0 bridgehead atoms. The summed E-state index contributed by atoms with van der Waals surface area (Å²) in [5.74, 6) is -0.246. The Morgan fingerprint density at radius 1 is 1.53 bits per heavy atom. The summed E-state index contributed by atoms with van der Waals surface area (Å²) in [5, 5.41) is 12.4. The predicted molar refractivity (Wildman–Crippen MR) is 74.1 cm³/mol. The molecule has 1 unspecified atom stereocenters. The first-order chi connectivity index (χ1) is 9.10. The van der Waals surface area contributed by atoms with Crippen molar-refractivity contribution < 1.29 is 14.6 Å². The van der Waals surface area contributed by atoms with Gasteiger partial charge in [0.1, 0.15) is 5.75 Å². The summed E-state index contributed by atoms with van der Waals surface area (Å²) in [4.78, 5) is 13.3. The fourth-order valence-corrected chi connectivity index (χ4v) is 2.46. The number of benzene rings is 1. The molecule has 5 nitrogen and oxygen atoms in total. The molecular formula is C14H20N2O3. The molecule has 104 valence electrons. The molecule has 0 aliphatic carbocycles. The van der Waals surface area contributed by atoms with Gasteiger partial charge in [-0.25, -0.2) is 4.79 Å². The number of carboxylic acid groups (broad SMARTS) is 1. The van der Waals surface area contributed by atoms with E-state index < -0.39 is 5.97 Å². The second kappa shape index (κ2) is 5.93. The molecule has 0 amide bonds. The first-order valence-corrected chi connectivity index (χ1v) is 6.46. The van der Waals surface area contributed by atoms with Gasteiger partial charge in [-0.3, -0.25) is 0 Å². The van der Waals surface area contributed by atoms with Crippen LogP contribution in [0, 0.1) is 0 Å². The first-order valence-electron chi connectivity index (χ1n) is 6.46. The quantitative estimate of drug-likeness (QED) is 0.869. The van der Waals surface area contributed by atoms with Crippen molar-refractivity contribution in [3.05, 3.63) is 23.8 Å². The molecule has 2 N–H and O–H groups in total. The lowest BCUT2D eigenvalue weighted by Crippen LogP contribution is -2.39. The highest BCUT2D eigenvalue weighted by molar-refractivity contribution is 5.89. The minimum Gasteiger partial charge on any atom is -0.495 e. The molecule has 2 rings (SSSR count). The number of carbonyl (C=O) groups is 1. The van der Waals surface area contributed by atoms with E-state index in [0.717, 1.165) is 31.6 Å². The number of hydrogen-bond acceptors (Lipinski definition) is 4. The number of methoxy groups -OCH3 is 1. The lowest BCUT2D eigenvalue weighted by atomic mass is 10.1. The van der Waals surface area contributed by atoms with Gasteiger partial charge >= 0.3 is 5.97 Å². The third kappa shape index (κ3) is 3.38. The molecule has 0 saturated carbocycles. The van der Waals surface area contributed by atoms with Crippen molar-refractivity contribution >= 4 is 11.7 Å². The van der Waals surface area contributed by atoms with Gasteiger partial charge in [0.2, 0.25) is 0 Å². The van der Waals surface area contributed by atoms with Gasteiger partial charge in [-0.2, -0.15) is 0 Å². The van der Waals surface area contributed by atoms with Crippen LogP contribution in [0.2, 0.25) is 0 Å². The average molecular weight is 264 g/mol. The van der Waals surface area contributed by atoms with Crippen LogP contribution in [0.25, 0.3) is 0 Å². The summed E-state index contributed by atoms with van der Waals surface area (Å²) in [7, 11) is 3.69. The molecule has 0 spiro atoms. The lowest BCUT2D eigenvalue weighted by Gasteiger charge is -2.31. The van der Waals surface area contributed by atoms with Gasteiger partial charge in [-0.05, 0) is 44.6 Å². The van der Waals surface area contributed by atoms with E-state index >= 15 is 0 Å². The summed E-state index contributed by atoms with van der Waals surface area (Å²) in [6, 6.07) is 5.21. The zero-order valence-corrected chi connectivity index (χ0v) is 11.3. The zero-order chi connectivity index (χ0) is 13.8. The molecule has 19 heavy (non-hydrogen) atoms. The Bertz CT molecular complexity index is 462. The fraction of sp³-hybridized carbons (Fsp3) is 0.500. The molecule has 1 heterocycles. The van der Waals surface area contributed by atoms with Crippen LogP contribution in [-0.4, -0.2) is 49.3 Å². The van der Waals surface area contributed by atoms with E-state index in [0.29, 0.717) is 11.8 Å². The molecule has 1 aliphatic heterocycles. The van der Waals surface area contributed by atoms with Crippen molar-refractivity contribution in [2.75, 3.05) is 32.6 Å². The van der Waals surface area contributed by atoms with Crippen molar-refractivity contribution in [3.8, 4) is 5.75 Å². The summed E-state index contributed by atoms with van der Waals surface area (Å²) < 4.78 is 5.28. The summed E-state index contributed by atoms with van der Waals surface area (Å²) in [6.45, 7) is 2.07. The van der Waals surface area contributed by atoms with Gasteiger partial charge in [0.15, 0.2) is 0 Å². The summed E-state index contributed by atoms with van der Waals surface area (Å²) in [6.07, 6.45) is 2.24. The number of carboxylic acids is 1. The minimum atomic E-state index is -0.925. The Morgan fingerprint density at radius 3 is 2.95 bits per heavy atom. The molecule has 1 saturated heterocycles. The number of nitrogens with zero attached hydrogens (tertiary/aromatic N) is 1. The van der Waals surface area contributed by atoms with Crippen LogP contribution < -0.4 is 10.1 Å². The zero-order valence-electron chi connectivity index (χ0n) is 11.3. The maximum Gasteiger partial charge on any atom is 0.335 e. The Balaban J connectivity index is 2.17. The molecule has 0 radical (unpaired) electrons. The number of rotatable bonds is 4. The third-order valence-corrected chi connectivity index (χ3v) is 3.43. The number of hydrogen-bond donors (Lipinski definition) is 2. The second-order valence-electron chi connectivity index (χ2n) is 4.97. The van der Waals surface area contributed by atoms with Gasteiger partial charge in [0.25, 0.3) is 0 Å². The van der Waals surface area contributed by atoms with E-state index in [1.165, 1.54) is 0 Å². The van der Waals surface area contributed by atoms with Crippen LogP contribution in [0.3, 0.4) is 0 Å². The van der Waals surface area contributed by atoms with Crippen LogP contribution >= 0.6 is 0 Å². The molecule has 1 fully saturated rings. The minimum absolute atomic E-state index is 0.271. The highest BCUT2D eigenvalue weighted by Crippen LogP contribution is 2.27. The van der Waals surface area contributed by atoms with Crippen LogP contribution in [0.15, 0.2) is 18.2 Å². The molecule has 1 atom stereocenters. The van der Waals surface area contributed by atoms with Gasteiger partial charge in [-0.1, -0.05) is 0 Å². The molecule has 1 aromatic rings. The van der Waals surface area contributed by atoms with E-state index in [1.807, 2.05) is 0 Å². The lowest BCUT2D eigenvalue weighted by molar-refractivity contribution is 0.0697. The molecular weight excluding hydrogens is 244 g/mol. The number of nitrogens with one attached hydrogen (secondary N) is 1. The number of piperidine rings is 1. The highest BCUT2D eigenvalue weighted by atomic mass is 16.5. The second-order valence-corrected chi connectivity index (χ2v) is 4.97. The Morgan fingerprint density at radius 2 is 2.32 bits per heavy atom. The van der Waals surface area contributed by atoms with Crippen LogP contribution in [0.5, 0.6) is 5.75 Å². The SMILES string of the molecule is COc1ccc(C(=O)O)cc1NC1CCCN(C)C1. The number of likely N-dealkylation sites (tertiary alicyclic amines) is 1. The van der Waals surface area contributed by atoms with Crippen molar-refractivity contribution in [2.24, 2.45) is 0 Å². The largest absolute Gasteiger partial charge is 0.495 e. The van der Waals surface area contributed by atoms with Gasteiger partial charge in [0, 0.05) is 12.6 Å². The van der Waals surface area contributed by atoms with Crippen molar-refractivity contribution in [1.82, 2.24) is 4.90 Å². The van der Waals surface area contributed by atoms with Crippen molar-refractivity contribution in [1.29, 1.82) is 0 Å². The average Bonchev–Trinajstić information content (AvgIpc) is 2.38. The number of anilines is 1. The van der Waals surface area contributed by atoms with Crippen LogP contribution in [0.1, 0.15) is 23.2 Å². The van der Waals surface area contributed by atoms with E-state index in [4.69, 9.17) is 9.84 Å². The highest BCUT2D eigenvalue weighted by Gasteiger charge is 2.18. The number of likely N-dealkylation sites (N-methyl/N-ethyl adjacent to an activating group) is 1. The predicted octanol–water partition coefficient (Wildman–Crippen LogP) is 1.90. The molecule has 5 heteroatoms. The van der Waals surface area contributed by atoms with Gasteiger partial charge in [0.05, 0.1) is 18.4 Å². The normalized spacial score (nSPS) is 20.0.